The van der Waals surface area contributed by atoms with Gasteiger partial charge in [0.1, 0.15) is 10.8 Å². The Balaban J connectivity index is 2.72. The number of phenols is 1. The van der Waals surface area contributed by atoms with E-state index in [2.05, 4.69) is 11.1 Å². The molecule has 2 rings (SSSR count). The maximum absolute atomic E-state index is 9.34. The summed E-state index contributed by atoms with van der Waals surface area (Å²) in [6, 6.07) is 5.35. The molecule has 0 bridgehead atoms. The van der Waals surface area contributed by atoms with Crippen molar-refractivity contribution in [1.29, 1.82) is 5.26 Å². The zero-order chi connectivity index (χ0) is 10.1. The maximum Gasteiger partial charge on any atom is 0.136 e. The van der Waals surface area contributed by atoms with Crippen LogP contribution in [0.1, 0.15) is 5.56 Å². The van der Waals surface area contributed by atoms with Gasteiger partial charge in [-0.3, -0.25) is 0 Å². The van der Waals surface area contributed by atoms with Crippen molar-refractivity contribution in [3.8, 4) is 11.8 Å². The Morgan fingerprint density at radius 2 is 2.29 bits per heavy atom. The number of hydrogen-bond acceptors (Lipinski definition) is 2. The molecule has 0 spiro atoms. The average molecular weight is 207 g/mol. The van der Waals surface area contributed by atoms with Gasteiger partial charge in [-0.2, -0.15) is 5.26 Å². The van der Waals surface area contributed by atoms with Crippen LogP contribution in [0, 0.1) is 11.3 Å². The third kappa shape index (κ3) is 1.21. The Bertz CT molecular complexity index is 525. The first-order chi connectivity index (χ1) is 6.74. The van der Waals surface area contributed by atoms with Gasteiger partial charge in [0, 0.05) is 11.6 Å². The van der Waals surface area contributed by atoms with Crippen molar-refractivity contribution in [3.63, 3.8) is 0 Å². The molecule has 70 valence electrons. The van der Waals surface area contributed by atoms with Crippen molar-refractivity contribution in [2.24, 2.45) is 0 Å². The van der Waals surface area contributed by atoms with Crippen molar-refractivity contribution in [2.75, 3.05) is 0 Å². The number of nitrogens with one attached hydrogen (secondary N) is 1. The predicted octanol–water partition coefficient (Wildman–Crippen LogP) is 2.59. The standard InChI is InChI=1S/C10H7ClN2O/c11-9-8(14)2-1-7-6(3-4-12)5-13-10(7)9/h1-2,5,13-14H,3H2. The minimum atomic E-state index is 0.0459. The van der Waals surface area contributed by atoms with E-state index >= 15 is 0 Å². The zero-order valence-corrected chi connectivity index (χ0v) is 7.97. The Morgan fingerprint density at radius 3 is 3.00 bits per heavy atom. The van der Waals surface area contributed by atoms with Gasteiger partial charge in [0.25, 0.3) is 0 Å². The fourth-order valence-corrected chi connectivity index (χ4v) is 1.66. The molecule has 0 unspecified atom stereocenters. The fourth-order valence-electron chi connectivity index (χ4n) is 1.44. The molecule has 0 radical (unpaired) electrons. The summed E-state index contributed by atoms with van der Waals surface area (Å²) < 4.78 is 0. The summed E-state index contributed by atoms with van der Waals surface area (Å²) in [5, 5.41) is 19.1. The molecule has 0 amide bonds. The third-order valence-electron chi connectivity index (χ3n) is 2.13. The highest BCUT2D eigenvalue weighted by Crippen LogP contribution is 2.32. The van der Waals surface area contributed by atoms with E-state index in [-0.39, 0.29) is 5.75 Å². The van der Waals surface area contributed by atoms with Crippen LogP contribution >= 0.6 is 11.6 Å². The quantitative estimate of drug-likeness (QED) is 0.754. The second kappa shape index (κ2) is 3.24. The number of phenolic OH excluding ortho intramolecular Hbond substituents is 1. The van der Waals surface area contributed by atoms with Gasteiger partial charge in [-0.05, 0) is 17.7 Å². The number of rotatable bonds is 1. The molecule has 0 fully saturated rings. The topological polar surface area (TPSA) is 59.8 Å². The Morgan fingerprint density at radius 1 is 1.50 bits per heavy atom. The second-order valence-electron chi connectivity index (χ2n) is 2.97. The monoisotopic (exact) mass is 206 g/mol. The molecule has 0 saturated carbocycles. The SMILES string of the molecule is N#CCc1c[nH]c2c(Cl)c(O)ccc12. The number of aromatic nitrogens is 1. The lowest BCUT2D eigenvalue weighted by molar-refractivity contribution is 0.476. The Hall–Kier alpha value is -1.66. The molecular weight excluding hydrogens is 200 g/mol. The number of benzene rings is 1. The summed E-state index contributed by atoms with van der Waals surface area (Å²) in [5.41, 5.74) is 1.57. The van der Waals surface area contributed by atoms with Crippen LogP contribution < -0.4 is 0 Å². The minimum absolute atomic E-state index is 0.0459. The van der Waals surface area contributed by atoms with Crippen molar-refractivity contribution in [3.05, 3.63) is 28.9 Å². The molecule has 2 aromatic rings. The van der Waals surface area contributed by atoms with Crippen molar-refractivity contribution in [2.45, 2.75) is 6.42 Å². The zero-order valence-electron chi connectivity index (χ0n) is 7.21. The van der Waals surface area contributed by atoms with E-state index in [1.54, 1.807) is 12.3 Å². The van der Waals surface area contributed by atoms with E-state index in [4.69, 9.17) is 16.9 Å². The molecule has 1 aromatic carbocycles. The lowest BCUT2D eigenvalue weighted by Crippen LogP contribution is -1.77. The normalized spacial score (nSPS) is 10.3. The van der Waals surface area contributed by atoms with Crippen molar-refractivity contribution in [1.82, 2.24) is 4.98 Å². The first-order valence-electron chi connectivity index (χ1n) is 4.08. The minimum Gasteiger partial charge on any atom is -0.506 e. The smallest absolute Gasteiger partial charge is 0.136 e. The summed E-state index contributed by atoms with van der Waals surface area (Å²) in [5.74, 6) is 0.0459. The van der Waals surface area contributed by atoms with Crippen molar-refractivity contribution < 1.29 is 5.11 Å². The lowest BCUT2D eigenvalue weighted by Gasteiger charge is -1.98. The molecule has 0 saturated heterocycles. The Kier molecular flexibility index (Phi) is 2.06. The molecule has 0 aliphatic heterocycles. The number of fused-ring (bicyclic) bond motifs is 1. The molecular formula is C10H7ClN2O. The molecule has 3 nitrogen and oxygen atoms in total. The predicted molar refractivity (Wildman–Crippen MR) is 54.3 cm³/mol. The van der Waals surface area contributed by atoms with E-state index in [1.165, 1.54) is 6.07 Å². The van der Waals surface area contributed by atoms with Gasteiger partial charge in [-0.25, -0.2) is 0 Å². The molecule has 1 aromatic heterocycles. The van der Waals surface area contributed by atoms with Crippen LogP contribution in [0.25, 0.3) is 10.9 Å². The van der Waals surface area contributed by atoms with Crippen LogP contribution in [0.3, 0.4) is 0 Å². The van der Waals surface area contributed by atoms with Crippen LogP contribution in [0.15, 0.2) is 18.3 Å². The van der Waals surface area contributed by atoms with E-state index in [9.17, 15) is 5.11 Å². The van der Waals surface area contributed by atoms with Crippen LogP contribution in [0.2, 0.25) is 5.02 Å². The van der Waals surface area contributed by atoms with Gasteiger partial charge in [-0.15, -0.1) is 0 Å². The average Bonchev–Trinajstić information content (AvgIpc) is 2.57. The fraction of sp³-hybridized carbons (Fsp3) is 0.100. The van der Waals surface area contributed by atoms with Crippen molar-refractivity contribution >= 4 is 22.5 Å². The van der Waals surface area contributed by atoms with Gasteiger partial charge in [-0.1, -0.05) is 11.6 Å². The van der Waals surface area contributed by atoms with Crippen LogP contribution in [0.4, 0.5) is 0 Å². The maximum atomic E-state index is 9.34. The lowest BCUT2D eigenvalue weighted by atomic mass is 10.1. The van der Waals surface area contributed by atoms with Crippen LogP contribution in [-0.2, 0) is 6.42 Å². The van der Waals surface area contributed by atoms with Crippen LogP contribution in [0.5, 0.6) is 5.75 Å². The summed E-state index contributed by atoms with van der Waals surface area (Å²) in [4.78, 5) is 2.94. The molecule has 14 heavy (non-hydrogen) atoms. The van der Waals surface area contributed by atoms with E-state index in [0.29, 0.717) is 17.0 Å². The van der Waals surface area contributed by atoms with Gasteiger partial charge in [0.15, 0.2) is 0 Å². The number of H-pyrrole nitrogens is 1. The molecule has 0 aliphatic carbocycles. The number of halogens is 1. The second-order valence-corrected chi connectivity index (χ2v) is 3.35. The summed E-state index contributed by atoms with van der Waals surface area (Å²) in [7, 11) is 0. The first-order valence-corrected chi connectivity index (χ1v) is 4.46. The summed E-state index contributed by atoms with van der Waals surface area (Å²) in [6.07, 6.45) is 2.07. The molecule has 2 N–H and O–H groups in total. The molecule has 0 aliphatic rings. The molecule has 0 atom stereocenters. The van der Waals surface area contributed by atoms with Gasteiger partial charge >= 0.3 is 0 Å². The van der Waals surface area contributed by atoms with E-state index in [1.807, 2.05) is 0 Å². The van der Waals surface area contributed by atoms with Crippen LogP contribution in [-0.4, -0.2) is 10.1 Å². The largest absolute Gasteiger partial charge is 0.506 e. The highest BCUT2D eigenvalue weighted by Gasteiger charge is 2.09. The Labute approximate surface area is 85.5 Å². The van der Waals surface area contributed by atoms with Gasteiger partial charge in [0.2, 0.25) is 0 Å². The number of aromatic amines is 1. The number of nitriles is 1. The number of nitrogens with zero attached hydrogens (tertiary/aromatic N) is 1. The number of aromatic hydroxyl groups is 1. The summed E-state index contributed by atoms with van der Waals surface area (Å²) >= 11 is 5.88. The number of hydrogen-bond donors (Lipinski definition) is 2. The van der Waals surface area contributed by atoms with E-state index in [0.717, 1.165) is 10.9 Å². The highest BCUT2D eigenvalue weighted by atomic mass is 35.5. The van der Waals surface area contributed by atoms with Gasteiger partial charge in [0.05, 0.1) is 18.0 Å². The van der Waals surface area contributed by atoms with Gasteiger partial charge < -0.3 is 10.1 Å². The van der Waals surface area contributed by atoms with E-state index < -0.39 is 0 Å². The third-order valence-corrected chi connectivity index (χ3v) is 2.51. The first kappa shape index (κ1) is 8.92. The molecule has 4 heteroatoms. The summed E-state index contributed by atoms with van der Waals surface area (Å²) in [6.45, 7) is 0. The molecule has 1 heterocycles. The highest BCUT2D eigenvalue weighted by molar-refractivity contribution is 6.36.